The lowest BCUT2D eigenvalue weighted by Gasteiger charge is -2.11. The van der Waals surface area contributed by atoms with Crippen molar-refractivity contribution in [3.63, 3.8) is 0 Å². The van der Waals surface area contributed by atoms with Crippen molar-refractivity contribution < 1.29 is 0 Å². The average molecular weight is 240 g/mol. The molecule has 1 atom stereocenters. The van der Waals surface area contributed by atoms with Crippen LogP contribution in [-0.2, 0) is 0 Å². The molecular formula is C11H20N4S. The first-order valence-corrected chi connectivity index (χ1v) is 6.88. The highest BCUT2D eigenvalue weighted by atomic mass is 32.2. The van der Waals surface area contributed by atoms with E-state index in [9.17, 15) is 0 Å². The van der Waals surface area contributed by atoms with Gasteiger partial charge in [0.05, 0.1) is 0 Å². The summed E-state index contributed by atoms with van der Waals surface area (Å²) in [6.45, 7) is 6.14. The highest BCUT2D eigenvalue weighted by molar-refractivity contribution is 7.99. The molecule has 0 aliphatic carbocycles. The van der Waals surface area contributed by atoms with Crippen LogP contribution in [0.15, 0.2) is 12.3 Å². The van der Waals surface area contributed by atoms with E-state index < -0.39 is 0 Å². The molecule has 1 aromatic rings. The Morgan fingerprint density at radius 3 is 2.94 bits per heavy atom. The monoisotopic (exact) mass is 240 g/mol. The lowest BCUT2D eigenvalue weighted by Crippen LogP contribution is -2.14. The SMILES string of the molecule is CCCNc1nccc(NCC(C)SC)n1. The topological polar surface area (TPSA) is 49.8 Å². The van der Waals surface area contributed by atoms with Crippen molar-refractivity contribution in [2.45, 2.75) is 25.5 Å². The van der Waals surface area contributed by atoms with Gasteiger partial charge in [0.1, 0.15) is 5.82 Å². The number of nitrogens with zero attached hydrogens (tertiary/aromatic N) is 2. The summed E-state index contributed by atoms with van der Waals surface area (Å²) in [6.07, 6.45) is 4.96. The van der Waals surface area contributed by atoms with Crippen LogP contribution in [-0.4, -0.2) is 34.6 Å². The van der Waals surface area contributed by atoms with Gasteiger partial charge in [-0.3, -0.25) is 0 Å². The number of anilines is 2. The minimum atomic E-state index is 0.585. The van der Waals surface area contributed by atoms with Crippen LogP contribution in [0.4, 0.5) is 11.8 Å². The van der Waals surface area contributed by atoms with Gasteiger partial charge < -0.3 is 10.6 Å². The van der Waals surface area contributed by atoms with Crippen molar-refractivity contribution >= 4 is 23.5 Å². The lowest BCUT2D eigenvalue weighted by molar-refractivity contribution is 0.945. The molecule has 0 saturated heterocycles. The van der Waals surface area contributed by atoms with Crippen molar-refractivity contribution in [3.05, 3.63) is 12.3 Å². The second-order valence-electron chi connectivity index (χ2n) is 3.62. The first kappa shape index (κ1) is 13.1. The second kappa shape index (κ2) is 7.33. The number of hydrogen-bond acceptors (Lipinski definition) is 5. The van der Waals surface area contributed by atoms with Crippen molar-refractivity contribution in [2.24, 2.45) is 0 Å². The van der Waals surface area contributed by atoms with E-state index in [1.54, 1.807) is 6.20 Å². The van der Waals surface area contributed by atoms with Crippen LogP contribution in [0.25, 0.3) is 0 Å². The molecule has 0 amide bonds. The Balaban J connectivity index is 2.46. The predicted molar refractivity (Wildman–Crippen MR) is 72.3 cm³/mol. The largest absolute Gasteiger partial charge is 0.369 e. The predicted octanol–water partition coefficient (Wildman–Crippen LogP) is 2.46. The summed E-state index contributed by atoms with van der Waals surface area (Å²) in [6, 6.07) is 1.89. The van der Waals surface area contributed by atoms with Gasteiger partial charge in [0.15, 0.2) is 0 Å². The molecule has 0 aromatic carbocycles. The molecule has 1 aromatic heterocycles. The fourth-order valence-corrected chi connectivity index (χ4v) is 1.36. The van der Waals surface area contributed by atoms with E-state index in [0.29, 0.717) is 11.2 Å². The maximum absolute atomic E-state index is 4.37. The van der Waals surface area contributed by atoms with E-state index in [-0.39, 0.29) is 0 Å². The van der Waals surface area contributed by atoms with Gasteiger partial charge in [0, 0.05) is 24.5 Å². The van der Waals surface area contributed by atoms with E-state index in [4.69, 9.17) is 0 Å². The molecule has 0 fully saturated rings. The Morgan fingerprint density at radius 1 is 1.44 bits per heavy atom. The van der Waals surface area contributed by atoms with E-state index in [1.807, 2.05) is 17.8 Å². The zero-order valence-electron chi connectivity index (χ0n) is 10.2. The molecular weight excluding hydrogens is 220 g/mol. The minimum absolute atomic E-state index is 0.585. The quantitative estimate of drug-likeness (QED) is 0.766. The van der Waals surface area contributed by atoms with Crippen LogP contribution in [0.2, 0.25) is 0 Å². The van der Waals surface area contributed by atoms with Gasteiger partial charge in [-0.05, 0) is 18.7 Å². The molecule has 2 N–H and O–H groups in total. The van der Waals surface area contributed by atoms with Gasteiger partial charge in [-0.25, -0.2) is 4.98 Å². The summed E-state index contributed by atoms with van der Waals surface area (Å²) in [4.78, 5) is 8.53. The maximum Gasteiger partial charge on any atom is 0.224 e. The Hall–Kier alpha value is -0.970. The van der Waals surface area contributed by atoms with Gasteiger partial charge in [0.2, 0.25) is 5.95 Å². The summed E-state index contributed by atoms with van der Waals surface area (Å²) in [5.41, 5.74) is 0. The van der Waals surface area contributed by atoms with Crippen LogP contribution in [0.3, 0.4) is 0 Å². The maximum atomic E-state index is 4.37. The van der Waals surface area contributed by atoms with Crippen LogP contribution in [0.1, 0.15) is 20.3 Å². The van der Waals surface area contributed by atoms with E-state index in [0.717, 1.165) is 25.3 Å². The molecule has 0 spiro atoms. The van der Waals surface area contributed by atoms with Gasteiger partial charge in [0.25, 0.3) is 0 Å². The van der Waals surface area contributed by atoms with Crippen LogP contribution in [0.5, 0.6) is 0 Å². The number of thioether (sulfide) groups is 1. The molecule has 1 rings (SSSR count). The van der Waals surface area contributed by atoms with Crippen molar-refractivity contribution in [2.75, 3.05) is 30.0 Å². The Morgan fingerprint density at radius 2 is 2.25 bits per heavy atom. The molecule has 1 heterocycles. The van der Waals surface area contributed by atoms with Crippen molar-refractivity contribution in [1.29, 1.82) is 0 Å². The molecule has 0 aliphatic heterocycles. The summed E-state index contributed by atoms with van der Waals surface area (Å²) >= 11 is 1.84. The molecule has 16 heavy (non-hydrogen) atoms. The van der Waals surface area contributed by atoms with E-state index >= 15 is 0 Å². The second-order valence-corrected chi connectivity index (χ2v) is 4.90. The molecule has 0 radical (unpaired) electrons. The molecule has 90 valence electrons. The Kier molecular flexibility index (Phi) is 6.00. The third kappa shape index (κ3) is 4.70. The Labute approximate surface area is 102 Å². The van der Waals surface area contributed by atoms with Crippen LogP contribution in [0, 0.1) is 0 Å². The lowest BCUT2D eigenvalue weighted by atomic mass is 10.4. The minimum Gasteiger partial charge on any atom is -0.369 e. The standard InChI is InChI=1S/C11H20N4S/c1-4-6-12-11-13-7-5-10(15-11)14-8-9(2)16-3/h5,7,9H,4,6,8H2,1-3H3,(H2,12,13,14,15). The fraction of sp³-hybridized carbons (Fsp3) is 0.636. The smallest absolute Gasteiger partial charge is 0.224 e. The first-order chi connectivity index (χ1) is 7.76. The van der Waals surface area contributed by atoms with Crippen molar-refractivity contribution in [3.8, 4) is 0 Å². The molecule has 1 unspecified atom stereocenters. The van der Waals surface area contributed by atoms with E-state index in [1.165, 1.54) is 0 Å². The molecule has 0 aliphatic rings. The number of aromatic nitrogens is 2. The molecule has 4 nitrogen and oxygen atoms in total. The van der Waals surface area contributed by atoms with Crippen LogP contribution < -0.4 is 10.6 Å². The first-order valence-electron chi connectivity index (χ1n) is 5.59. The van der Waals surface area contributed by atoms with Gasteiger partial charge in [-0.15, -0.1) is 0 Å². The molecule has 5 heteroatoms. The fourth-order valence-electron chi connectivity index (χ4n) is 1.11. The van der Waals surface area contributed by atoms with Gasteiger partial charge in [-0.1, -0.05) is 13.8 Å². The average Bonchev–Trinajstić information content (AvgIpc) is 2.34. The van der Waals surface area contributed by atoms with Gasteiger partial charge in [-0.2, -0.15) is 16.7 Å². The molecule has 0 bridgehead atoms. The third-order valence-electron chi connectivity index (χ3n) is 2.16. The summed E-state index contributed by atoms with van der Waals surface area (Å²) in [7, 11) is 0. The number of hydrogen-bond donors (Lipinski definition) is 2. The zero-order chi connectivity index (χ0) is 11.8. The van der Waals surface area contributed by atoms with E-state index in [2.05, 4.69) is 40.7 Å². The normalized spacial score (nSPS) is 12.2. The molecule has 0 saturated carbocycles. The van der Waals surface area contributed by atoms with Crippen molar-refractivity contribution in [1.82, 2.24) is 9.97 Å². The van der Waals surface area contributed by atoms with Gasteiger partial charge >= 0.3 is 0 Å². The Bertz CT molecular complexity index is 306. The zero-order valence-corrected chi connectivity index (χ0v) is 11.0. The highest BCUT2D eigenvalue weighted by Gasteiger charge is 2.01. The summed E-state index contributed by atoms with van der Waals surface area (Å²) < 4.78 is 0. The third-order valence-corrected chi connectivity index (χ3v) is 3.13. The summed E-state index contributed by atoms with van der Waals surface area (Å²) in [5.74, 6) is 1.58. The number of nitrogens with one attached hydrogen (secondary N) is 2. The number of rotatable bonds is 7. The van der Waals surface area contributed by atoms with Crippen LogP contribution >= 0.6 is 11.8 Å². The highest BCUT2D eigenvalue weighted by Crippen LogP contribution is 2.09. The summed E-state index contributed by atoms with van der Waals surface area (Å²) in [5, 5.41) is 7.05.